The van der Waals surface area contributed by atoms with Crippen molar-refractivity contribution in [1.29, 1.82) is 0 Å². The Morgan fingerprint density at radius 3 is 2.58 bits per heavy atom. The second-order valence-corrected chi connectivity index (χ2v) is 5.96. The number of likely N-dealkylation sites (N-methyl/N-ethyl adjacent to an activating group) is 1. The third-order valence-corrected chi connectivity index (χ3v) is 4.42. The Labute approximate surface area is 123 Å². The van der Waals surface area contributed by atoms with E-state index in [1.54, 1.807) is 7.11 Å². The van der Waals surface area contributed by atoms with Crippen LogP contribution in [0, 0.1) is 5.92 Å². The summed E-state index contributed by atoms with van der Waals surface area (Å²) in [5.41, 5.74) is 1.29. The fraction of sp³-hybridized carbons (Fsp3) is 0.600. The van der Waals surface area contributed by atoms with E-state index in [0.29, 0.717) is 12.1 Å². The normalized spacial score (nSPS) is 18.1. The van der Waals surface area contributed by atoms with Gasteiger partial charge in [0.1, 0.15) is 5.75 Å². The summed E-state index contributed by atoms with van der Waals surface area (Å²) >= 11 is 3.54. The minimum Gasteiger partial charge on any atom is -0.496 e. The van der Waals surface area contributed by atoms with Crippen LogP contribution < -0.4 is 10.1 Å². The molecule has 106 valence electrons. The average molecular weight is 328 g/mol. The summed E-state index contributed by atoms with van der Waals surface area (Å²) in [6.07, 6.45) is 3.87. The van der Waals surface area contributed by atoms with Gasteiger partial charge in [0.2, 0.25) is 0 Å². The lowest BCUT2D eigenvalue weighted by atomic mass is 9.98. The summed E-state index contributed by atoms with van der Waals surface area (Å²) in [6, 6.07) is 6.61. The fourth-order valence-corrected chi connectivity index (χ4v) is 3.17. The molecule has 19 heavy (non-hydrogen) atoms. The van der Waals surface area contributed by atoms with E-state index in [9.17, 15) is 0 Å². The number of hydrogen-bond donors (Lipinski definition) is 1. The van der Waals surface area contributed by atoms with Crippen LogP contribution in [-0.2, 0) is 11.2 Å². The van der Waals surface area contributed by atoms with Crippen molar-refractivity contribution in [3.8, 4) is 5.75 Å². The molecule has 0 aliphatic heterocycles. The van der Waals surface area contributed by atoms with Crippen LogP contribution in [0.3, 0.4) is 0 Å². The number of methoxy groups -OCH3 is 2. The summed E-state index contributed by atoms with van der Waals surface area (Å²) in [6.45, 7) is 0. The topological polar surface area (TPSA) is 30.5 Å². The summed E-state index contributed by atoms with van der Waals surface area (Å²) < 4.78 is 11.9. The first-order chi connectivity index (χ1) is 9.19. The number of benzene rings is 1. The molecule has 1 saturated carbocycles. The van der Waals surface area contributed by atoms with Crippen molar-refractivity contribution in [1.82, 2.24) is 5.32 Å². The Morgan fingerprint density at radius 1 is 1.37 bits per heavy atom. The van der Waals surface area contributed by atoms with Gasteiger partial charge < -0.3 is 14.8 Å². The van der Waals surface area contributed by atoms with E-state index < -0.39 is 0 Å². The lowest BCUT2D eigenvalue weighted by Crippen LogP contribution is -2.41. The van der Waals surface area contributed by atoms with Crippen molar-refractivity contribution in [2.75, 3.05) is 21.3 Å². The Kier molecular flexibility index (Phi) is 5.25. The number of halogens is 1. The summed E-state index contributed by atoms with van der Waals surface area (Å²) in [7, 11) is 5.51. The van der Waals surface area contributed by atoms with E-state index in [1.807, 2.05) is 20.2 Å². The molecule has 0 aromatic heterocycles. The number of hydrogen-bond acceptors (Lipinski definition) is 3. The Hall–Kier alpha value is -0.580. The maximum absolute atomic E-state index is 5.68. The zero-order chi connectivity index (χ0) is 13.8. The van der Waals surface area contributed by atoms with Gasteiger partial charge in [0.25, 0.3) is 0 Å². The number of nitrogens with one attached hydrogen (secondary N) is 1. The molecule has 1 fully saturated rings. The van der Waals surface area contributed by atoms with Crippen molar-refractivity contribution < 1.29 is 9.47 Å². The van der Waals surface area contributed by atoms with Crippen molar-refractivity contribution in [2.24, 2.45) is 5.92 Å². The lowest BCUT2D eigenvalue weighted by molar-refractivity contribution is 0.0534. The van der Waals surface area contributed by atoms with E-state index in [-0.39, 0.29) is 0 Å². The van der Waals surface area contributed by atoms with Gasteiger partial charge in [0.05, 0.1) is 17.7 Å². The first kappa shape index (κ1) is 14.8. The standard InChI is InChI=1S/C15H22BrNO2/c1-17-13(15(19-3)11-5-6-11)9-10-4-7-14(18-2)12(16)8-10/h4,7-8,11,13,15,17H,5-6,9H2,1-3H3. The van der Waals surface area contributed by atoms with Crippen LogP contribution in [0.2, 0.25) is 0 Å². The van der Waals surface area contributed by atoms with E-state index in [4.69, 9.17) is 9.47 Å². The third kappa shape index (κ3) is 3.71. The van der Waals surface area contributed by atoms with Gasteiger partial charge in [0.15, 0.2) is 0 Å². The predicted molar refractivity (Wildman–Crippen MR) is 80.8 cm³/mol. The third-order valence-electron chi connectivity index (χ3n) is 3.80. The van der Waals surface area contributed by atoms with E-state index in [1.165, 1.54) is 18.4 Å². The molecule has 1 N–H and O–H groups in total. The van der Waals surface area contributed by atoms with Crippen LogP contribution in [0.15, 0.2) is 22.7 Å². The Morgan fingerprint density at radius 2 is 2.11 bits per heavy atom. The van der Waals surface area contributed by atoms with Gasteiger partial charge in [-0.2, -0.15) is 0 Å². The molecule has 0 heterocycles. The largest absolute Gasteiger partial charge is 0.496 e. The molecule has 1 aliphatic carbocycles. The van der Waals surface area contributed by atoms with Crippen LogP contribution >= 0.6 is 15.9 Å². The van der Waals surface area contributed by atoms with Crippen LogP contribution in [0.1, 0.15) is 18.4 Å². The monoisotopic (exact) mass is 327 g/mol. The van der Waals surface area contributed by atoms with Crippen molar-refractivity contribution in [2.45, 2.75) is 31.4 Å². The highest BCUT2D eigenvalue weighted by Gasteiger charge is 2.36. The van der Waals surface area contributed by atoms with Gasteiger partial charge in [0, 0.05) is 13.2 Å². The van der Waals surface area contributed by atoms with E-state index >= 15 is 0 Å². The van der Waals surface area contributed by atoms with Crippen molar-refractivity contribution >= 4 is 15.9 Å². The van der Waals surface area contributed by atoms with E-state index in [0.717, 1.165) is 22.6 Å². The van der Waals surface area contributed by atoms with Gasteiger partial charge in [-0.1, -0.05) is 6.07 Å². The molecule has 1 aliphatic rings. The minimum atomic E-state index is 0.311. The van der Waals surface area contributed by atoms with Crippen LogP contribution in [0.25, 0.3) is 0 Å². The quantitative estimate of drug-likeness (QED) is 0.835. The highest BCUT2D eigenvalue weighted by molar-refractivity contribution is 9.10. The molecule has 0 saturated heterocycles. The molecule has 2 rings (SSSR count). The van der Waals surface area contributed by atoms with Gasteiger partial charge in [-0.05, 0) is 65.9 Å². The summed E-state index contributed by atoms with van der Waals surface area (Å²) in [5, 5.41) is 3.40. The summed E-state index contributed by atoms with van der Waals surface area (Å²) in [4.78, 5) is 0. The molecular weight excluding hydrogens is 306 g/mol. The van der Waals surface area contributed by atoms with Gasteiger partial charge in [-0.15, -0.1) is 0 Å². The molecule has 0 radical (unpaired) electrons. The zero-order valence-corrected chi connectivity index (χ0v) is 13.4. The zero-order valence-electron chi connectivity index (χ0n) is 11.8. The molecule has 4 heteroatoms. The molecule has 1 aromatic carbocycles. The van der Waals surface area contributed by atoms with Crippen LogP contribution in [0.5, 0.6) is 5.75 Å². The number of rotatable bonds is 7. The molecule has 2 atom stereocenters. The highest BCUT2D eigenvalue weighted by atomic mass is 79.9. The second kappa shape index (κ2) is 6.73. The first-order valence-corrected chi connectivity index (χ1v) is 7.51. The minimum absolute atomic E-state index is 0.311. The van der Waals surface area contributed by atoms with Gasteiger partial charge in [-0.3, -0.25) is 0 Å². The van der Waals surface area contributed by atoms with Crippen LogP contribution in [0.4, 0.5) is 0 Å². The molecular formula is C15H22BrNO2. The molecule has 3 nitrogen and oxygen atoms in total. The van der Waals surface area contributed by atoms with Gasteiger partial charge in [-0.25, -0.2) is 0 Å². The first-order valence-electron chi connectivity index (χ1n) is 6.72. The van der Waals surface area contributed by atoms with E-state index in [2.05, 4.69) is 33.4 Å². The van der Waals surface area contributed by atoms with Crippen LogP contribution in [-0.4, -0.2) is 33.4 Å². The maximum Gasteiger partial charge on any atom is 0.133 e. The van der Waals surface area contributed by atoms with Crippen molar-refractivity contribution in [3.05, 3.63) is 28.2 Å². The summed E-state index contributed by atoms with van der Waals surface area (Å²) in [5.74, 6) is 1.60. The molecule has 0 spiro atoms. The lowest BCUT2D eigenvalue weighted by Gasteiger charge is -2.26. The van der Waals surface area contributed by atoms with Gasteiger partial charge >= 0.3 is 0 Å². The fourth-order valence-electron chi connectivity index (χ4n) is 2.58. The molecule has 2 unspecified atom stereocenters. The molecule has 0 bridgehead atoms. The second-order valence-electron chi connectivity index (χ2n) is 5.11. The predicted octanol–water partition coefficient (Wildman–Crippen LogP) is 3.01. The smallest absolute Gasteiger partial charge is 0.133 e. The Bertz CT molecular complexity index is 421. The molecule has 0 amide bonds. The SMILES string of the molecule is CNC(Cc1ccc(OC)c(Br)c1)C(OC)C1CC1. The molecule has 1 aromatic rings. The van der Waals surface area contributed by atoms with Crippen molar-refractivity contribution in [3.63, 3.8) is 0 Å². The maximum atomic E-state index is 5.68. The Balaban J connectivity index is 2.06. The average Bonchev–Trinajstić information content (AvgIpc) is 3.23. The highest BCUT2D eigenvalue weighted by Crippen LogP contribution is 2.36. The number of ether oxygens (including phenoxy) is 2.